The number of pyridine rings is 1. The first-order valence-electron chi connectivity index (χ1n) is 12.3. The van der Waals surface area contributed by atoms with Crippen LogP contribution in [0.5, 0.6) is 5.75 Å². The number of aromatic nitrogens is 2. The van der Waals surface area contributed by atoms with E-state index in [9.17, 15) is 14.9 Å². The number of amides is 1. The second-order valence-corrected chi connectivity index (χ2v) is 9.29. The first-order valence-corrected chi connectivity index (χ1v) is 12.3. The van der Waals surface area contributed by atoms with Crippen LogP contribution in [0.25, 0.3) is 5.65 Å². The number of imidazole rings is 1. The van der Waals surface area contributed by atoms with E-state index in [2.05, 4.69) is 14.3 Å². The summed E-state index contributed by atoms with van der Waals surface area (Å²) >= 11 is 0. The zero-order chi connectivity index (χ0) is 25.9. The topological polar surface area (TPSA) is 93.2 Å². The fourth-order valence-electron chi connectivity index (χ4n) is 4.91. The van der Waals surface area contributed by atoms with Gasteiger partial charge in [-0.3, -0.25) is 14.9 Å². The summed E-state index contributed by atoms with van der Waals surface area (Å²) in [5.74, 6) is 0.641. The number of aryl methyl sites for hydroxylation is 1. The van der Waals surface area contributed by atoms with Crippen LogP contribution in [0.15, 0.2) is 73.1 Å². The molecule has 9 nitrogen and oxygen atoms in total. The summed E-state index contributed by atoms with van der Waals surface area (Å²) in [5.41, 5.74) is 4.94. The van der Waals surface area contributed by atoms with E-state index in [-0.39, 0.29) is 17.5 Å². The molecule has 0 radical (unpaired) electrons. The van der Waals surface area contributed by atoms with Crippen LogP contribution >= 0.6 is 0 Å². The fourth-order valence-corrected chi connectivity index (χ4v) is 4.91. The number of hydrogen-bond acceptors (Lipinski definition) is 6. The van der Waals surface area contributed by atoms with Gasteiger partial charge in [0.15, 0.2) is 0 Å². The van der Waals surface area contributed by atoms with E-state index in [1.165, 1.54) is 12.1 Å². The van der Waals surface area contributed by atoms with Crippen molar-refractivity contribution in [3.8, 4) is 5.75 Å². The van der Waals surface area contributed by atoms with E-state index >= 15 is 0 Å². The number of ether oxygens (including phenoxy) is 1. The van der Waals surface area contributed by atoms with Crippen LogP contribution in [0.2, 0.25) is 0 Å². The number of non-ortho nitro benzene ring substituents is 1. The van der Waals surface area contributed by atoms with Crippen molar-refractivity contribution >= 4 is 22.9 Å². The lowest BCUT2D eigenvalue weighted by Gasteiger charge is -2.36. The average molecular weight is 500 g/mol. The van der Waals surface area contributed by atoms with Gasteiger partial charge < -0.3 is 18.9 Å². The maximum atomic E-state index is 13.6. The van der Waals surface area contributed by atoms with Crippen LogP contribution < -0.4 is 9.64 Å². The van der Waals surface area contributed by atoms with Crippen LogP contribution in [0.1, 0.15) is 29.2 Å². The molecule has 190 valence electrons. The molecule has 0 saturated carbocycles. The molecule has 1 aliphatic heterocycles. The lowest BCUT2D eigenvalue weighted by molar-refractivity contribution is -0.384. The maximum Gasteiger partial charge on any atom is 0.269 e. The molecule has 1 fully saturated rings. The predicted molar refractivity (Wildman–Crippen MR) is 141 cm³/mol. The van der Waals surface area contributed by atoms with E-state index in [1.807, 2.05) is 60.6 Å². The number of anilines is 1. The smallest absolute Gasteiger partial charge is 0.269 e. The summed E-state index contributed by atoms with van der Waals surface area (Å²) in [7, 11) is 1.64. The molecule has 1 aliphatic rings. The van der Waals surface area contributed by atoms with E-state index in [0.29, 0.717) is 32.6 Å². The summed E-state index contributed by atoms with van der Waals surface area (Å²) in [6.45, 7) is 4.55. The lowest BCUT2D eigenvalue weighted by atomic mass is 9.91. The van der Waals surface area contributed by atoms with Crippen molar-refractivity contribution < 1.29 is 14.5 Å². The van der Waals surface area contributed by atoms with Crippen molar-refractivity contribution in [3.05, 3.63) is 100.0 Å². The number of fused-ring (bicyclic) bond motifs is 1. The van der Waals surface area contributed by atoms with Gasteiger partial charge >= 0.3 is 0 Å². The standard InChI is InChI=1S/C28H29N5O4/c1-20-10-11-32-26(19-29-27(32)16-20)25(21-4-3-5-24(17-21)37-2)18-28(34)31-14-12-30(13-15-31)22-6-8-23(9-7-22)33(35)36/h3-11,16-17,19,25H,12-15,18H2,1-2H3. The Morgan fingerprint density at radius 3 is 2.54 bits per heavy atom. The van der Waals surface area contributed by atoms with Gasteiger partial charge in [0.2, 0.25) is 5.91 Å². The normalized spacial score (nSPS) is 14.5. The van der Waals surface area contributed by atoms with Crippen LogP contribution in [0, 0.1) is 17.0 Å². The third-order valence-electron chi connectivity index (χ3n) is 6.99. The lowest BCUT2D eigenvalue weighted by Crippen LogP contribution is -2.49. The van der Waals surface area contributed by atoms with Gasteiger partial charge in [0, 0.05) is 68.7 Å². The molecule has 2 aromatic carbocycles. The number of nitro benzene ring substituents is 1. The molecule has 37 heavy (non-hydrogen) atoms. The second-order valence-electron chi connectivity index (χ2n) is 9.29. The zero-order valence-electron chi connectivity index (χ0n) is 20.9. The average Bonchev–Trinajstić information content (AvgIpc) is 3.34. The molecule has 1 atom stereocenters. The van der Waals surface area contributed by atoms with E-state index < -0.39 is 4.92 Å². The quantitative estimate of drug-likeness (QED) is 0.276. The van der Waals surface area contributed by atoms with Gasteiger partial charge in [-0.1, -0.05) is 12.1 Å². The van der Waals surface area contributed by atoms with Crippen LogP contribution in [0.4, 0.5) is 11.4 Å². The number of rotatable bonds is 7. The van der Waals surface area contributed by atoms with E-state index in [1.54, 1.807) is 19.2 Å². The minimum Gasteiger partial charge on any atom is -0.497 e. The summed E-state index contributed by atoms with van der Waals surface area (Å²) in [4.78, 5) is 32.8. The van der Waals surface area contributed by atoms with Crippen LogP contribution in [0.3, 0.4) is 0 Å². The Morgan fingerprint density at radius 2 is 1.84 bits per heavy atom. The van der Waals surface area contributed by atoms with Gasteiger partial charge in [0.05, 0.1) is 17.7 Å². The van der Waals surface area contributed by atoms with Crippen molar-refractivity contribution in [1.29, 1.82) is 0 Å². The molecule has 1 amide bonds. The highest BCUT2D eigenvalue weighted by Crippen LogP contribution is 2.32. The van der Waals surface area contributed by atoms with Gasteiger partial charge in [-0.05, 0) is 54.4 Å². The van der Waals surface area contributed by atoms with E-state index in [0.717, 1.165) is 33.9 Å². The minimum absolute atomic E-state index is 0.0729. The number of nitrogens with zero attached hydrogens (tertiary/aromatic N) is 5. The Bertz CT molecular complexity index is 1420. The Hall–Kier alpha value is -4.40. The molecule has 9 heteroatoms. The molecule has 4 aromatic rings. The monoisotopic (exact) mass is 499 g/mol. The number of hydrogen-bond donors (Lipinski definition) is 0. The van der Waals surface area contributed by atoms with Crippen molar-refractivity contribution in [2.45, 2.75) is 19.3 Å². The van der Waals surface area contributed by atoms with Crippen LogP contribution in [-0.2, 0) is 4.79 Å². The molecule has 0 spiro atoms. The zero-order valence-corrected chi connectivity index (χ0v) is 20.9. The number of piperazine rings is 1. The van der Waals surface area contributed by atoms with Crippen molar-refractivity contribution in [3.63, 3.8) is 0 Å². The third-order valence-corrected chi connectivity index (χ3v) is 6.99. The Morgan fingerprint density at radius 1 is 1.08 bits per heavy atom. The summed E-state index contributed by atoms with van der Waals surface area (Å²) in [6.07, 6.45) is 4.18. The molecule has 0 aliphatic carbocycles. The predicted octanol–water partition coefficient (Wildman–Crippen LogP) is 4.43. The van der Waals surface area contributed by atoms with Gasteiger partial charge in [-0.25, -0.2) is 4.98 Å². The van der Waals surface area contributed by atoms with Gasteiger partial charge in [0.1, 0.15) is 11.4 Å². The van der Waals surface area contributed by atoms with Crippen LogP contribution in [-0.4, -0.2) is 58.4 Å². The molecule has 2 aromatic heterocycles. The number of carbonyl (C=O) groups is 1. The second kappa shape index (κ2) is 10.3. The Labute approximate surface area is 215 Å². The van der Waals surface area contributed by atoms with Gasteiger partial charge in [-0.15, -0.1) is 0 Å². The highest BCUT2D eigenvalue weighted by molar-refractivity contribution is 5.78. The van der Waals surface area contributed by atoms with Crippen molar-refractivity contribution in [1.82, 2.24) is 14.3 Å². The van der Waals surface area contributed by atoms with Crippen molar-refractivity contribution in [2.75, 3.05) is 38.2 Å². The molecule has 3 heterocycles. The number of methoxy groups -OCH3 is 1. The van der Waals surface area contributed by atoms with Gasteiger partial charge in [0.25, 0.3) is 5.69 Å². The first kappa shape index (κ1) is 24.3. The largest absolute Gasteiger partial charge is 0.497 e. The summed E-state index contributed by atoms with van der Waals surface area (Å²) in [6, 6.07) is 18.5. The highest BCUT2D eigenvalue weighted by Gasteiger charge is 2.27. The van der Waals surface area contributed by atoms with E-state index in [4.69, 9.17) is 4.74 Å². The maximum absolute atomic E-state index is 13.6. The Kier molecular flexibility index (Phi) is 6.76. The number of carbonyl (C=O) groups excluding carboxylic acids is 1. The molecular formula is C28H29N5O4. The SMILES string of the molecule is COc1cccc(C(CC(=O)N2CCN(c3ccc([N+](=O)[O-])cc3)CC2)c2cnc3cc(C)ccn23)c1. The van der Waals surface area contributed by atoms with Crippen molar-refractivity contribution in [2.24, 2.45) is 0 Å². The number of nitro groups is 1. The summed E-state index contributed by atoms with van der Waals surface area (Å²) in [5, 5.41) is 10.9. The highest BCUT2D eigenvalue weighted by atomic mass is 16.6. The molecular weight excluding hydrogens is 470 g/mol. The molecule has 1 unspecified atom stereocenters. The first-order chi connectivity index (χ1) is 17.9. The molecule has 0 bridgehead atoms. The molecule has 0 N–H and O–H groups in total. The minimum atomic E-state index is -0.399. The molecule has 5 rings (SSSR count). The van der Waals surface area contributed by atoms with Gasteiger partial charge in [-0.2, -0.15) is 0 Å². The molecule has 1 saturated heterocycles. The third kappa shape index (κ3) is 5.11. The summed E-state index contributed by atoms with van der Waals surface area (Å²) < 4.78 is 7.51. The fraction of sp³-hybridized carbons (Fsp3) is 0.286. The number of benzene rings is 2. The Balaban J connectivity index is 1.34.